The second-order valence-electron chi connectivity index (χ2n) is 1.49. The van der Waals surface area contributed by atoms with Crippen LogP contribution in [0, 0.1) is 0 Å². The Kier molecular flexibility index (Phi) is 4.02. The summed E-state index contributed by atoms with van der Waals surface area (Å²) in [5.74, 6) is 0.450. The fourth-order valence-corrected chi connectivity index (χ4v) is 0.552. The molecule has 0 rings (SSSR count). The van der Waals surface area contributed by atoms with E-state index in [0.717, 1.165) is 5.57 Å². The van der Waals surface area contributed by atoms with Crippen LogP contribution in [0.25, 0.3) is 0 Å². The molecule has 0 aliphatic rings. The fraction of sp³-hybridized carbons (Fsp3) is 0.333. The van der Waals surface area contributed by atoms with Crippen LogP contribution in [-0.4, -0.2) is 5.88 Å². The summed E-state index contributed by atoms with van der Waals surface area (Å²) < 4.78 is 0. The average Bonchev–Trinajstić information content (AvgIpc) is 1.67. The number of hydrogen-bond acceptors (Lipinski definition) is 0. The molecule has 0 aliphatic heterocycles. The van der Waals surface area contributed by atoms with E-state index in [1.54, 1.807) is 6.08 Å². The van der Waals surface area contributed by atoms with E-state index in [1.807, 2.05) is 6.92 Å². The Balaban J connectivity index is 3.80. The Labute approximate surface area is 59.8 Å². The minimum atomic E-state index is 0.450. The van der Waals surface area contributed by atoms with E-state index >= 15 is 0 Å². The number of allylic oxidation sites excluding steroid dienone is 3. The highest BCUT2D eigenvalue weighted by molar-refractivity contribution is 6.32. The Bertz CT molecular complexity index is 114. The van der Waals surface area contributed by atoms with E-state index in [-0.39, 0.29) is 0 Å². The van der Waals surface area contributed by atoms with Crippen LogP contribution in [0.15, 0.2) is 23.3 Å². The Morgan fingerprint density at radius 2 is 2.25 bits per heavy atom. The molecule has 0 spiro atoms. The largest absolute Gasteiger partial charge is 0.122 e. The van der Waals surface area contributed by atoms with Gasteiger partial charge in [0.1, 0.15) is 0 Å². The molecule has 46 valence electrons. The summed E-state index contributed by atoms with van der Waals surface area (Å²) >= 11 is 10.9. The first-order valence-corrected chi connectivity index (χ1v) is 3.17. The third kappa shape index (κ3) is 3.11. The van der Waals surface area contributed by atoms with Crippen molar-refractivity contribution >= 4 is 23.2 Å². The molecular formula is C6H8Cl2. The van der Waals surface area contributed by atoms with Gasteiger partial charge < -0.3 is 0 Å². The number of halogens is 2. The normalized spacial score (nSPS) is 11.6. The van der Waals surface area contributed by atoms with Gasteiger partial charge >= 0.3 is 0 Å². The molecule has 0 nitrogen and oxygen atoms in total. The molecule has 0 aromatic rings. The predicted molar refractivity (Wildman–Crippen MR) is 39.5 cm³/mol. The van der Waals surface area contributed by atoms with Gasteiger partial charge in [0.05, 0.1) is 0 Å². The van der Waals surface area contributed by atoms with Crippen molar-refractivity contribution in [2.45, 2.75) is 6.92 Å². The van der Waals surface area contributed by atoms with Crippen molar-refractivity contribution in [2.24, 2.45) is 0 Å². The van der Waals surface area contributed by atoms with Crippen LogP contribution in [0.1, 0.15) is 6.92 Å². The molecule has 0 saturated carbocycles. The molecule has 0 aromatic carbocycles. The number of rotatable bonds is 2. The first kappa shape index (κ1) is 8.06. The molecule has 0 saturated heterocycles. The summed E-state index contributed by atoms with van der Waals surface area (Å²) in [6.07, 6.45) is 1.71. The zero-order chi connectivity index (χ0) is 6.57. The summed E-state index contributed by atoms with van der Waals surface area (Å²) in [6, 6.07) is 0. The Morgan fingerprint density at radius 1 is 1.75 bits per heavy atom. The van der Waals surface area contributed by atoms with Crippen LogP contribution in [0.3, 0.4) is 0 Å². The van der Waals surface area contributed by atoms with Crippen molar-refractivity contribution < 1.29 is 0 Å². The van der Waals surface area contributed by atoms with Gasteiger partial charge in [0, 0.05) is 10.9 Å². The minimum Gasteiger partial charge on any atom is -0.122 e. The highest BCUT2D eigenvalue weighted by Crippen LogP contribution is 2.10. The second-order valence-corrected chi connectivity index (χ2v) is 2.20. The first-order valence-electron chi connectivity index (χ1n) is 2.26. The lowest BCUT2D eigenvalue weighted by atomic mass is 10.3. The predicted octanol–water partition coefficient (Wildman–Crippen LogP) is 2.92. The van der Waals surface area contributed by atoms with Crippen LogP contribution >= 0.6 is 23.2 Å². The zero-order valence-electron chi connectivity index (χ0n) is 4.75. The van der Waals surface area contributed by atoms with Crippen LogP contribution in [-0.2, 0) is 0 Å². The third-order valence-corrected chi connectivity index (χ3v) is 1.30. The SMILES string of the molecule is C=C(C)/C(Cl)=C/CCl. The molecule has 0 heterocycles. The highest BCUT2D eigenvalue weighted by atomic mass is 35.5. The van der Waals surface area contributed by atoms with Gasteiger partial charge in [-0.25, -0.2) is 0 Å². The van der Waals surface area contributed by atoms with Crippen molar-refractivity contribution in [2.75, 3.05) is 5.88 Å². The van der Waals surface area contributed by atoms with Crippen LogP contribution in [0.4, 0.5) is 0 Å². The molecule has 0 unspecified atom stereocenters. The Hall–Kier alpha value is 0.0600. The first-order chi connectivity index (χ1) is 3.68. The van der Waals surface area contributed by atoms with E-state index < -0.39 is 0 Å². The topological polar surface area (TPSA) is 0 Å². The standard InChI is InChI=1S/C6H8Cl2/c1-5(2)6(8)3-4-7/h3H,1,4H2,2H3/b6-3-. The van der Waals surface area contributed by atoms with E-state index in [9.17, 15) is 0 Å². The van der Waals surface area contributed by atoms with Crippen molar-refractivity contribution in [1.29, 1.82) is 0 Å². The minimum absolute atomic E-state index is 0.450. The smallest absolute Gasteiger partial charge is 0.0421 e. The van der Waals surface area contributed by atoms with Crippen LogP contribution in [0.5, 0.6) is 0 Å². The molecule has 0 N–H and O–H groups in total. The molecule has 0 radical (unpaired) electrons. The maximum Gasteiger partial charge on any atom is 0.0421 e. The lowest BCUT2D eigenvalue weighted by molar-refractivity contribution is 1.50. The van der Waals surface area contributed by atoms with Gasteiger partial charge in [-0.15, -0.1) is 11.6 Å². The van der Waals surface area contributed by atoms with E-state index in [2.05, 4.69) is 6.58 Å². The second kappa shape index (κ2) is 3.99. The van der Waals surface area contributed by atoms with E-state index in [1.165, 1.54) is 0 Å². The van der Waals surface area contributed by atoms with Gasteiger partial charge in [-0.2, -0.15) is 0 Å². The summed E-state index contributed by atoms with van der Waals surface area (Å²) in [5, 5.41) is 0.653. The van der Waals surface area contributed by atoms with Gasteiger partial charge in [0.2, 0.25) is 0 Å². The van der Waals surface area contributed by atoms with Gasteiger partial charge in [0.25, 0.3) is 0 Å². The number of alkyl halides is 1. The molecule has 0 aromatic heterocycles. The van der Waals surface area contributed by atoms with Crippen molar-refractivity contribution in [3.63, 3.8) is 0 Å². The van der Waals surface area contributed by atoms with Gasteiger partial charge in [-0.3, -0.25) is 0 Å². The molecule has 0 atom stereocenters. The summed E-state index contributed by atoms with van der Waals surface area (Å²) in [6.45, 7) is 5.45. The fourth-order valence-electron chi connectivity index (χ4n) is 0.242. The maximum atomic E-state index is 5.59. The zero-order valence-corrected chi connectivity index (χ0v) is 6.26. The summed E-state index contributed by atoms with van der Waals surface area (Å²) in [4.78, 5) is 0. The highest BCUT2D eigenvalue weighted by Gasteiger charge is 1.87. The Morgan fingerprint density at radius 3 is 2.38 bits per heavy atom. The van der Waals surface area contributed by atoms with Crippen LogP contribution < -0.4 is 0 Å². The van der Waals surface area contributed by atoms with Crippen LogP contribution in [0.2, 0.25) is 0 Å². The lowest BCUT2D eigenvalue weighted by Crippen LogP contribution is -1.72. The molecule has 0 fully saturated rings. The number of hydrogen-bond donors (Lipinski definition) is 0. The molecule has 2 heteroatoms. The molecule has 0 bridgehead atoms. The average molecular weight is 151 g/mol. The quantitative estimate of drug-likeness (QED) is 0.420. The third-order valence-electron chi connectivity index (χ3n) is 0.664. The molecule has 8 heavy (non-hydrogen) atoms. The lowest BCUT2D eigenvalue weighted by Gasteiger charge is -1.90. The van der Waals surface area contributed by atoms with Crippen molar-refractivity contribution in [1.82, 2.24) is 0 Å². The van der Waals surface area contributed by atoms with Gasteiger partial charge in [0.15, 0.2) is 0 Å². The molecule has 0 amide bonds. The van der Waals surface area contributed by atoms with Crippen molar-refractivity contribution in [3.05, 3.63) is 23.3 Å². The van der Waals surface area contributed by atoms with Gasteiger partial charge in [-0.05, 0) is 12.5 Å². The summed E-state index contributed by atoms with van der Waals surface area (Å²) in [5.41, 5.74) is 0.854. The molecule has 0 aliphatic carbocycles. The van der Waals surface area contributed by atoms with E-state index in [0.29, 0.717) is 10.9 Å². The van der Waals surface area contributed by atoms with E-state index in [4.69, 9.17) is 23.2 Å². The summed E-state index contributed by atoms with van der Waals surface area (Å²) in [7, 11) is 0. The monoisotopic (exact) mass is 150 g/mol. The van der Waals surface area contributed by atoms with Gasteiger partial charge in [-0.1, -0.05) is 24.3 Å². The van der Waals surface area contributed by atoms with Crippen molar-refractivity contribution in [3.8, 4) is 0 Å². The maximum absolute atomic E-state index is 5.59. The molecular weight excluding hydrogens is 143 g/mol.